The lowest BCUT2D eigenvalue weighted by Gasteiger charge is -2.58. The Morgan fingerprint density at radius 2 is 1.40 bits per heavy atom. The van der Waals surface area contributed by atoms with Gasteiger partial charge in [0.15, 0.2) is 24.5 Å². The zero-order valence-corrected chi connectivity index (χ0v) is 32.0. The van der Waals surface area contributed by atoms with Crippen LogP contribution in [0.1, 0.15) is 116 Å². The second-order valence-corrected chi connectivity index (χ2v) is 16.9. The standard InChI is InChI=1S/C42H56O11/c1-23-38(50-26(4)44)33(49-25(3)43)21-37(48-23)53-39-24(2)47-36(22-34(39)51-40(46)27-10-8-7-9-11-27)52-35-15-14-31-30-13-12-28-20-29(45)16-18-41(28,5)32(30)17-19-42(31,35)6/h7-11,20,23-24,30-39H,12-19,21-22H2,1-6H3/t23-,24-,30+,31+,32+,33-,34-,35+,36-,37-,38+,39+,41+,42+/m1/s1. The van der Waals surface area contributed by atoms with Crippen LogP contribution in [0.5, 0.6) is 0 Å². The molecular weight excluding hydrogens is 680 g/mol. The molecule has 290 valence electrons. The highest BCUT2D eigenvalue weighted by Crippen LogP contribution is 2.65. The Labute approximate surface area is 312 Å². The molecule has 7 rings (SSSR count). The SMILES string of the molecule is CC(=O)O[C@H]1[C@@H](C)O[C@H](O[C@H]2[C@@H](C)O[C@H](O[C@H]3CC[C@H]4[C@@H]5CCC6=CC(=O)CC[C@]6(C)[C@H]5CC[C@]34C)C[C@H]2OC(=O)c2ccccc2)C[C@H]1OC(C)=O. The highest BCUT2D eigenvalue weighted by atomic mass is 16.7. The third-order valence-electron chi connectivity index (χ3n) is 13.6. The predicted octanol–water partition coefficient (Wildman–Crippen LogP) is 6.65. The van der Waals surface area contributed by atoms with Crippen molar-refractivity contribution >= 4 is 23.7 Å². The van der Waals surface area contributed by atoms with Gasteiger partial charge < -0.3 is 33.2 Å². The Morgan fingerprint density at radius 1 is 0.736 bits per heavy atom. The first-order valence-corrected chi connectivity index (χ1v) is 19.7. The van der Waals surface area contributed by atoms with Crippen molar-refractivity contribution in [2.45, 2.75) is 161 Å². The number of carbonyl (C=O) groups is 4. The van der Waals surface area contributed by atoms with Gasteiger partial charge in [0.2, 0.25) is 0 Å². The van der Waals surface area contributed by atoms with Gasteiger partial charge in [-0.2, -0.15) is 0 Å². The Hall–Kier alpha value is -3.12. The minimum atomic E-state index is -0.854. The number of hydrogen-bond acceptors (Lipinski definition) is 11. The van der Waals surface area contributed by atoms with Crippen LogP contribution in [-0.2, 0) is 47.5 Å². The van der Waals surface area contributed by atoms with Gasteiger partial charge in [-0.05, 0) is 106 Å². The summed E-state index contributed by atoms with van der Waals surface area (Å²) >= 11 is 0. The monoisotopic (exact) mass is 736 g/mol. The van der Waals surface area contributed by atoms with E-state index in [1.165, 1.54) is 19.4 Å². The minimum Gasteiger partial charge on any atom is -0.458 e. The van der Waals surface area contributed by atoms with Gasteiger partial charge in [-0.1, -0.05) is 37.6 Å². The third kappa shape index (κ3) is 7.60. The molecule has 0 bridgehead atoms. The number of esters is 3. The van der Waals surface area contributed by atoms with Gasteiger partial charge in [0.25, 0.3) is 0 Å². The van der Waals surface area contributed by atoms with Crippen molar-refractivity contribution in [3.63, 3.8) is 0 Å². The number of hydrogen-bond donors (Lipinski definition) is 0. The number of benzene rings is 1. The molecule has 0 spiro atoms. The molecule has 2 saturated heterocycles. The molecule has 2 aliphatic heterocycles. The van der Waals surface area contributed by atoms with Gasteiger partial charge in [0.1, 0.15) is 18.3 Å². The van der Waals surface area contributed by atoms with Crippen molar-refractivity contribution in [3.8, 4) is 0 Å². The van der Waals surface area contributed by atoms with E-state index in [2.05, 4.69) is 13.8 Å². The molecule has 0 unspecified atom stereocenters. The van der Waals surface area contributed by atoms with Crippen LogP contribution in [0.25, 0.3) is 0 Å². The van der Waals surface area contributed by atoms with Crippen molar-refractivity contribution in [1.29, 1.82) is 0 Å². The van der Waals surface area contributed by atoms with Crippen molar-refractivity contribution < 1.29 is 52.3 Å². The van der Waals surface area contributed by atoms with E-state index in [0.717, 1.165) is 44.9 Å². The summed E-state index contributed by atoms with van der Waals surface area (Å²) in [7, 11) is 0. The van der Waals surface area contributed by atoms with Gasteiger partial charge in [-0.15, -0.1) is 0 Å². The topological polar surface area (TPSA) is 133 Å². The van der Waals surface area contributed by atoms with E-state index in [-0.39, 0.29) is 35.6 Å². The number of rotatable bonds is 8. The van der Waals surface area contributed by atoms with Crippen LogP contribution in [0.2, 0.25) is 0 Å². The molecule has 2 heterocycles. The van der Waals surface area contributed by atoms with Crippen molar-refractivity contribution in [1.82, 2.24) is 0 Å². The van der Waals surface area contributed by atoms with E-state index in [1.807, 2.05) is 19.1 Å². The number of allylic oxidation sites excluding steroid dienone is 1. The molecule has 1 aromatic carbocycles. The molecule has 4 aliphatic carbocycles. The smallest absolute Gasteiger partial charge is 0.338 e. The fourth-order valence-electron chi connectivity index (χ4n) is 11.1. The Kier molecular flexibility index (Phi) is 10.9. The van der Waals surface area contributed by atoms with Crippen LogP contribution in [0.3, 0.4) is 0 Å². The highest BCUT2D eigenvalue weighted by Gasteiger charge is 2.60. The van der Waals surface area contributed by atoms with E-state index in [1.54, 1.807) is 31.2 Å². The number of carbonyl (C=O) groups excluding carboxylic acids is 4. The number of ether oxygens (including phenoxy) is 7. The Balaban J connectivity index is 1.06. The van der Waals surface area contributed by atoms with Crippen molar-refractivity contribution in [2.24, 2.45) is 28.6 Å². The summed E-state index contributed by atoms with van der Waals surface area (Å²) in [6.07, 6.45) is 4.65. The molecule has 1 aromatic rings. The normalized spacial score (nSPS) is 42.3. The van der Waals surface area contributed by atoms with E-state index < -0.39 is 67.1 Å². The highest BCUT2D eigenvalue weighted by molar-refractivity contribution is 5.91. The molecule has 0 amide bonds. The van der Waals surface area contributed by atoms with E-state index >= 15 is 0 Å². The van der Waals surface area contributed by atoms with Gasteiger partial charge in [-0.3, -0.25) is 14.4 Å². The van der Waals surface area contributed by atoms with Crippen molar-refractivity contribution in [2.75, 3.05) is 0 Å². The lowest BCUT2D eigenvalue weighted by atomic mass is 9.47. The summed E-state index contributed by atoms with van der Waals surface area (Å²) in [5, 5.41) is 0. The summed E-state index contributed by atoms with van der Waals surface area (Å²) in [6.45, 7) is 11.0. The van der Waals surface area contributed by atoms with Gasteiger partial charge >= 0.3 is 17.9 Å². The zero-order valence-electron chi connectivity index (χ0n) is 32.0. The molecule has 0 N–H and O–H groups in total. The van der Waals surface area contributed by atoms with E-state index in [4.69, 9.17) is 33.2 Å². The van der Waals surface area contributed by atoms with E-state index in [0.29, 0.717) is 29.7 Å². The van der Waals surface area contributed by atoms with Gasteiger partial charge in [0.05, 0.1) is 23.9 Å². The molecule has 0 radical (unpaired) electrons. The maximum absolute atomic E-state index is 13.5. The lowest BCUT2D eigenvalue weighted by molar-refractivity contribution is -0.320. The van der Waals surface area contributed by atoms with Crippen LogP contribution in [-0.4, -0.2) is 79.0 Å². The van der Waals surface area contributed by atoms with E-state index in [9.17, 15) is 19.2 Å². The average molecular weight is 737 g/mol. The van der Waals surface area contributed by atoms with Crippen LogP contribution in [0.4, 0.5) is 0 Å². The maximum Gasteiger partial charge on any atom is 0.338 e. The molecule has 14 atom stereocenters. The van der Waals surface area contributed by atoms with Gasteiger partial charge in [0, 0.05) is 33.1 Å². The molecular formula is C42H56O11. The first kappa shape index (κ1) is 38.2. The largest absolute Gasteiger partial charge is 0.458 e. The molecule has 11 heteroatoms. The summed E-state index contributed by atoms with van der Waals surface area (Å²) in [4.78, 5) is 49.6. The first-order valence-electron chi connectivity index (χ1n) is 19.7. The minimum absolute atomic E-state index is 0.00324. The fourth-order valence-corrected chi connectivity index (χ4v) is 11.1. The molecule has 53 heavy (non-hydrogen) atoms. The summed E-state index contributed by atoms with van der Waals surface area (Å²) in [5.41, 5.74) is 1.91. The van der Waals surface area contributed by atoms with Crippen molar-refractivity contribution in [3.05, 3.63) is 47.5 Å². The molecule has 5 fully saturated rings. The average Bonchev–Trinajstić information content (AvgIpc) is 3.43. The lowest BCUT2D eigenvalue weighted by Crippen LogP contribution is -2.57. The second-order valence-electron chi connectivity index (χ2n) is 16.9. The van der Waals surface area contributed by atoms with Gasteiger partial charge in [-0.25, -0.2) is 4.79 Å². The summed E-state index contributed by atoms with van der Waals surface area (Å²) in [6, 6.07) is 8.85. The fraction of sp³-hybridized carbons (Fsp3) is 0.714. The molecule has 0 aromatic heterocycles. The third-order valence-corrected chi connectivity index (χ3v) is 13.6. The predicted molar refractivity (Wildman–Crippen MR) is 191 cm³/mol. The first-order chi connectivity index (χ1) is 25.2. The summed E-state index contributed by atoms with van der Waals surface area (Å²) in [5.74, 6) is 0.530. The number of ketones is 1. The van der Waals surface area contributed by atoms with Crippen LogP contribution < -0.4 is 0 Å². The maximum atomic E-state index is 13.5. The number of fused-ring (bicyclic) bond motifs is 5. The molecule has 3 saturated carbocycles. The molecule has 6 aliphatic rings. The summed E-state index contributed by atoms with van der Waals surface area (Å²) < 4.78 is 43.4. The van der Waals surface area contributed by atoms with Crippen LogP contribution in [0.15, 0.2) is 42.0 Å². The molecule has 11 nitrogen and oxygen atoms in total. The zero-order chi connectivity index (χ0) is 37.7. The van der Waals surface area contributed by atoms with Crippen LogP contribution in [0, 0.1) is 28.6 Å². The van der Waals surface area contributed by atoms with Crippen LogP contribution >= 0.6 is 0 Å². The second kappa shape index (κ2) is 15.2. The Bertz CT molecular complexity index is 1580. The Morgan fingerprint density at radius 3 is 2.09 bits per heavy atom. The quantitative estimate of drug-likeness (QED) is 0.210.